The number of anilines is 1. The summed E-state index contributed by atoms with van der Waals surface area (Å²) >= 11 is 0. The van der Waals surface area contributed by atoms with Gasteiger partial charge in [-0.25, -0.2) is 0 Å². The van der Waals surface area contributed by atoms with Crippen molar-refractivity contribution in [2.45, 2.75) is 13.3 Å². The van der Waals surface area contributed by atoms with Gasteiger partial charge >= 0.3 is 0 Å². The largest absolute Gasteiger partial charge is 0.497 e. The van der Waals surface area contributed by atoms with Crippen LogP contribution in [0.5, 0.6) is 5.75 Å². The van der Waals surface area contributed by atoms with Crippen molar-refractivity contribution in [2.24, 2.45) is 17.8 Å². The maximum Gasteiger partial charge on any atom is 0.238 e. The normalized spacial score (nSPS) is 28.7. The van der Waals surface area contributed by atoms with Crippen molar-refractivity contribution >= 4 is 17.5 Å². The number of benzene rings is 1. The highest BCUT2D eigenvalue weighted by Gasteiger charge is 2.50. The molecule has 0 saturated carbocycles. The van der Waals surface area contributed by atoms with Gasteiger partial charge in [-0.2, -0.15) is 0 Å². The summed E-state index contributed by atoms with van der Waals surface area (Å²) in [4.78, 5) is 26.4. The van der Waals surface area contributed by atoms with Crippen molar-refractivity contribution < 1.29 is 14.3 Å². The fraction of sp³-hybridized carbons (Fsp3) is 0.375. The molecule has 3 rings (SSSR count). The standard InChI is InChI=1S/C16H17NO3/c1-10-4-3-5-13-14(10)16(19)17(15(13)18)11-6-8-12(20-2)9-7-11/h3-4,6-10,13-14H,5H2,1-2H3/t10-,13-,14-/m0/s1. The summed E-state index contributed by atoms with van der Waals surface area (Å²) in [5.74, 6) is 0.247. The average molecular weight is 271 g/mol. The third kappa shape index (κ3) is 1.83. The van der Waals surface area contributed by atoms with Crippen molar-refractivity contribution in [3.63, 3.8) is 0 Å². The highest BCUT2D eigenvalue weighted by atomic mass is 16.5. The quantitative estimate of drug-likeness (QED) is 0.613. The topological polar surface area (TPSA) is 46.6 Å². The lowest BCUT2D eigenvalue weighted by Crippen LogP contribution is -2.31. The van der Waals surface area contributed by atoms with Gasteiger partial charge in [0.2, 0.25) is 11.8 Å². The molecule has 1 aliphatic carbocycles. The van der Waals surface area contributed by atoms with E-state index in [1.807, 2.05) is 19.1 Å². The van der Waals surface area contributed by atoms with Gasteiger partial charge in [0, 0.05) is 0 Å². The number of hydrogen-bond donors (Lipinski definition) is 0. The first-order valence-corrected chi connectivity index (χ1v) is 6.82. The van der Waals surface area contributed by atoms with E-state index >= 15 is 0 Å². The molecule has 0 aromatic heterocycles. The number of hydrogen-bond acceptors (Lipinski definition) is 3. The van der Waals surface area contributed by atoms with Crippen LogP contribution in [0, 0.1) is 17.8 Å². The van der Waals surface area contributed by atoms with Crippen molar-refractivity contribution in [1.29, 1.82) is 0 Å². The number of amides is 2. The molecule has 20 heavy (non-hydrogen) atoms. The number of allylic oxidation sites excluding steroid dienone is 2. The highest BCUT2D eigenvalue weighted by Crippen LogP contribution is 2.40. The van der Waals surface area contributed by atoms with Gasteiger partial charge in [-0.15, -0.1) is 0 Å². The number of carbonyl (C=O) groups is 2. The van der Waals surface area contributed by atoms with Crippen LogP contribution in [0.4, 0.5) is 5.69 Å². The molecule has 3 atom stereocenters. The van der Waals surface area contributed by atoms with Crippen LogP contribution in [0.15, 0.2) is 36.4 Å². The van der Waals surface area contributed by atoms with Gasteiger partial charge in [0.25, 0.3) is 0 Å². The molecule has 1 aliphatic heterocycles. The Morgan fingerprint density at radius 1 is 1.15 bits per heavy atom. The lowest BCUT2D eigenvalue weighted by atomic mass is 9.78. The zero-order valence-corrected chi connectivity index (χ0v) is 11.6. The van der Waals surface area contributed by atoms with Gasteiger partial charge < -0.3 is 4.74 Å². The summed E-state index contributed by atoms with van der Waals surface area (Å²) in [6.07, 6.45) is 4.70. The van der Waals surface area contributed by atoms with Gasteiger partial charge in [-0.05, 0) is 36.6 Å². The van der Waals surface area contributed by atoms with E-state index in [-0.39, 0.29) is 29.6 Å². The fourth-order valence-corrected chi connectivity index (χ4v) is 3.13. The number of ether oxygens (including phenoxy) is 1. The Morgan fingerprint density at radius 2 is 1.85 bits per heavy atom. The minimum Gasteiger partial charge on any atom is -0.497 e. The van der Waals surface area contributed by atoms with Crippen LogP contribution in [0.3, 0.4) is 0 Å². The molecule has 0 radical (unpaired) electrons. The highest BCUT2D eigenvalue weighted by molar-refractivity contribution is 6.22. The van der Waals surface area contributed by atoms with Crippen molar-refractivity contribution in [3.8, 4) is 5.75 Å². The maximum absolute atomic E-state index is 12.6. The molecule has 0 bridgehead atoms. The van der Waals surface area contributed by atoms with Crippen LogP contribution in [0.1, 0.15) is 13.3 Å². The summed E-state index contributed by atoms with van der Waals surface area (Å²) in [6.45, 7) is 2.00. The van der Waals surface area contributed by atoms with Crippen LogP contribution in [-0.4, -0.2) is 18.9 Å². The zero-order valence-electron chi connectivity index (χ0n) is 11.6. The van der Waals surface area contributed by atoms with E-state index in [4.69, 9.17) is 4.74 Å². The first kappa shape index (κ1) is 12.9. The molecule has 0 spiro atoms. The molecular formula is C16H17NO3. The van der Waals surface area contributed by atoms with Crippen molar-refractivity contribution in [3.05, 3.63) is 36.4 Å². The van der Waals surface area contributed by atoms with Crippen LogP contribution in [0.25, 0.3) is 0 Å². The third-order valence-corrected chi connectivity index (χ3v) is 4.20. The lowest BCUT2D eigenvalue weighted by Gasteiger charge is -2.22. The van der Waals surface area contributed by atoms with E-state index in [9.17, 15) is 9.59 Å². The molecule has 1 aromatic rings. The molecule has 1 aromatic carbocycles. The van der Waals surface area contributed by atoms with E-state index in [1.165, 1.54) is 4.90 Å². The van der Waals surface area contributed by atoms with Crippen LogP contribution in [0.2, 0.25) is 0 Å². The van der Waals surface area contributed by atoms with Gasteiger partial charge in [-0.3, -0.25) is 14.5 Å². The van der Waals surface area contributed by atoms with Crippen LogP contribution >= 0.6 is 0 Å². The van der Waals surface area contributed by atoms with Crippen molar-refractivity contribution in [2.75, 3.05) is 12.0 Å². The maximum atomic E-state index is 12.6. The minimum absolute atomic E-state index is 0.0815. The molecule has 4 nitrogen and oxygen atoms in total. The average Bonchev–Trinajstić information content (AvgIpc) is 2.72. The second-order valence-electron chi connectivity index (χ2n) is 5.37. The number of nitrogens with zero attached hydrogens (tertiary/aromatic N) is 1. The minimum atomic E-state index is -0.213. The molecule has 0 N–H and O–H groups in total. The predicted octanol–water partition coefficient (Wildman–Crippen LogP) is 2.40. The summed E-state index contributed by atoms with van der Waals surface area (Å²) in [5.41, 5.74) is 0.627. The number of rotatable bonds is 2. The molecular weight excluding hydrogens is 254 g/mol. The smallest absolute Gasteiger partial charge is 0.238 e. The number of carbonyl (C=O) groups excluding carboxylic acids is 2. The van der Waals surface area contributed by atoms with Gasteiger partial charge in [0.15, 0.2) is 0 Å². The molecule has 0 unspecified atom stereocenters. The molecule has 1 fully saturated rings. The molecule has 1 heterocycles. The second kappa shape index (κ2) is 4.78. The Balaban J connectivity index is 1.94. The molecule has 2 amide bonds. The van der Waals surface area contributed by atoms with E-state index in [0.717, 1.165) is 0 Å². The van der Waals surface area contributed by atoms with E-state index in [1.54, 1.807) is 31.4 Å². The Bertz CT molecular complexity index is 576. The van der Waals surface area contributed by atoms with Crippen molar-refractivity contribution in [1.82, 2.24) is 0 Å². The molecule has 104 valence electrons. The van der Waals surface area contributed by atoms with Gasteiger partial charge in [0.05, 0.1) is 24.6 Å². The Hall–Kier alpha value is -2.10. The molecule has 4 heteroatoms. The Labute approximate surface area is 118 Å². The Morgan fingerprint density at radius 3 is 2.45 bits per heavy atom. The lowest BCUT2D eigenvalue weighted by molar-refractivity contribution is -0.122. The summed E-state index contributed by atoms with van der Waals surface area (Å²) in [7, 11) is 1.59. The predicted molar refractivity (Wildman–Crippen MR) is 75.4 cm³/mol. The zero-order chi connectivity index (χ0) is 14.3. The SMILES string of the molecule is COc1ccc(N2C(=O)[C@@H]3[C@H](CC=C[C@@H]3C)C2=O)cc1. The number of imide groups is 1. The van der Waals surface area contributed by atoms with Crippen LogP contribution < -0.4 is 9.64 Å². The first-order chi connectivity index (χ1) is 9.63. The summed E-state index contributed by atoms with van der Waals surface area (Å²) < 4.78 is 5.10. The van der Waals surface area contributed by atoms with E-state index in [2.05, 4.69) is 0 Å². The van der Waals surface area contributed by atoms with Crippen LogP contribution in [-0.2, 0) is 9.59 Å². The molecule has 2 aliphatic rings. The van der Waals surface area contributed by atoms with E-state index < -0.39 is 0 Å². The molecule has 1 saturated heterocycles. The van der Waals surface area contributed by atoms with Gasteiger partial charge in [-0.1, -0.05) is 19.1 Å². The summed E-state index contributed by atoms with van der Waals surface area (Å²) in [5, 5.41) is 0. The summed E-state index contributed by atoms with van der Waals surface area (Å²) in [6, 6.07) is 7.03. The second-order valence-corrected chi connectivity index (χ2v) is 5.37. The monoisotopic (exact) mass is 271 g/mol. The van der Waals surface area contributed by atoms with E-state index in [0.29, 0.717) is 17.9 Å². The first-order valence-electron chi connectivity index (χ1n) is 6.82. The number of fused-ring (bicyclic) bond motifs is 1. The fourth-order valence-electron chi connectivity index (χ4n) is 3.13. The Kier molecular flexibility index (Phi) is 3.08. The number of methoxy groups -OCH3 is 1. The van der Waals surface area contributed by atoms with Gasteiger partial charge in [0.1, 0.15) is 5.75 Å². The third-order valence-electron chi connectivity index (χ3n) is 4.20.